The Kier molecular flexibility index (Phi) is 10.6. The maximum absolute atomic E-state index is 11.3. The Morgan fingerprint density at radius 2 is 1.82 bits per heavy atom. The average Bonchev–Trinajstić information content (AvgIpc) is 2.44. The van der Waals surface area contributed by atoms with Crippen LogP contribution in [0, 0.1) is 4.91 Å². The van der Waals surface area contributed by atoms with Crippen molar-refractivity contribution in [1.82, 2.24) is 4.90 Å². The number of aliphatic hydroxyl groups excluding tert-OH is 2. The summed E-state index contributed by atoms with van der Waals surface area (Å²) in [4.78, 5) is 23.4. The Bertz CT molecular complexity index is 363. The lowest BCUT2D eigenvalue weighted by Crippen LogP contribution is -2.46. The molecule has 0 aliphatic rings. The Labute approximate surface area is 130 Å². The van der Waals surface area contributed by atoms with E-state index in [0.29, 0.717) is 0 Å². The minimum absolute atomic E-state index is 0.0258. The van der Waals surface area contributed by atoms with Gasteiger partial charge in [0, 0.05) is 31.8 Å². The zero-order valence-electron chi connectivity index (χ0n) is 13.4. The van der Waals surface area contributed by atoms with Crippen LogP contribution in [-0.4, -0.2) is 79.3 Å². The van der Waals surface area contributed by atoms with E-state index in [0.717, 1.165) is 0 Å². The molecule has 0 rings (SSSR count). The van der Waals surface area contributed by atoms with Crippen LogP contribution in [-0.2, 0) is 14.3 Å². The number of hydrogen-bond acceptors (Lipinski definition) is 8. The summed E-state index contributed by atoms with van der Waals surface area (Å²) in [5, 5.41) is 22.6. The molecule has 0 heterocycles. The van der Waals surface area contributed by atoms with Gasteiger partial charge in [-0.25, -0.2) is 4.79 Å². The van der Waals surface area contributed by atoms with Crippen molar-refractivity contribution in [2.24, 2.45) is 5.18 Å². The third-order valence-corrected chi connectivity index (χ3v) is 2.97. The van der Waals surface area contributed by atoms with Crippen molar-refractivity contribution in [3.05, 3.63) is 17.1 Å². The number of carbonyl (C=O) groups is 1. The van der Waals surface area contributed by atoms with Gasteiger partial charge in [0.1, 0.15) is 12.7 Å². The number of methoxy groups -OCH3 is 1. The number of carbonyl (C=O) groups excluding carboxylic acids is 1. The van der Waals surface area contributed by atoms with Gasteiger partial charge in [-0.1, -0.05) is 11.8 Å². The number of nitrogens with zero attached hydrogens (tertiary/aromatic N) is 2. The first-order chi connectivity index (χ1) is 10.3. The molecule has 0 saturated carbocycles. The minimum atomic E-state index is -0.952. The van der Waals surface area contributed by atoms with Crippen LogP contribution in [0.4, 0.5) is 0 Å². The van der Waals surface area contributed by atoms with Gasteiger partial charge in [-0.2, -0.15) is 4.91 Å². The molecule has 8 heteroatoms. The topological polar surface area (TPSA) is 109 Å². The van der Waals surface area contributed by atoms with Gasteiger partial charge in [-0.3, -0.25) is 4.90 Å². The van der Waals surface area contributed by atoms with Gasteiger partial charge in [-0.15, -0.1) is 0 Å². The van der Waals surface area contributed by atoms with E-state index < -0.39 is 18.2 Å². The number of aliphatic hydroxyl groups is 2. The van der Waals surface area contributed by atoms with Gasteiger partial charge < -0.3 is 19.7 Å². The predicted octanol–water partition coefficient (Wildman–Crippen LogP) is -0.0692. The van der Waals surface area contributed by atoms with Gasteiger partial charge in [0.15, 0.2) is 0 Å². The fourth-order valence-corrected chi connectivity index (χ4v) is 1.79. The lowest BCUT2D eigenvalue weighted by atomic mass is 10.2. The second kappa shape index (κ2) is 11.2. The summed E-state index contributed by atoms with van der Waals surface area (Å²) in [6, 6.07) is -0.268. The van der Waals surface area contributed by atoms with Crippen LogP contribution < -0.4 is 0 Å². The average molecular weight is 318 g/mol. The highest BCUT2D eigenvalue weighted by Gasteiger charge is 2.22. The quantitative estimate of drug-likeness (QED) is 0.294. The molecule has 8 nitrogen and oxygen atoms in total. The van der Waals surface area contributed by atoms with E-state index in [4.69, 9.17) is 9.47 Å². The molecule has 0 aliphatic carbocycles. The molecule has 0 aromatic carbocycles. The van der Waals surface area contributed by atoms with Crippen molar-refractivity contribution in [2.75, 3.05) is 40.0 Å². The van der Waals surface area contributed by atoms with Crippen molar-refractivity contribution in [2.45, 2.75) is 32.1 Å². The highest BCUT2D eigenvalue weighted by Crippen LogP contribution is 2.05. The molecule has 2 N–H and O–H groups in total. The van der Waals surface area contributed by atoms with Crippen LogP contribution in [0.3, 0.4) is 0 Å². The first-order valence-electron chi connectivity index (χ1n) is 7.02. The van der Waals surface area contributed by atoms with Crippen molar-refractivity contribution in [1.29, 1.82) is 0 Å². The third-order valence-electron chi connectivity index (χ3n) is 2.97. The van der Waals surface area contributed by atoms with Crippen molar-refractivity contribution in [3.63, 3.8) is 0 Å². The first kappa shape index (κ1) is 20.6. The Balaban J connectivity index is 4.50. The fraction of sp³-hybridized carbons (Fsp3) is 0.786. The summed E-state index contributed by atoms with van der Waals surface area (Å²) in [5.41, 5.74) is 0.248. The molecule has 22 heavy (non-hydrogen) atoms. The smallest absolute Gasteiger partial charge is 0.333 e. The van der Waals surface area contributed by atoms with E-state index in [-0.39, 0.29) is 44.5 Å². The number of rotatable bonds is 12. The largest absolute Gasteiger partial charge is 0.460 e. The third kappa shape index (κ3) is 8.83. The van der Waals surface area contributed by atoms with Crippen LogP contribution in [0.25, 0.3) is 0 Å². The summed E-state index contributed by atoms with van der Waals surface area (Å²) in [6.07, 6.45) is -1.71. The SMILES string of the molecule is C=C(C)C(=O)OCC(O)CN(CC(O)COC)C(C)CN=O. The Morgan fingerprint density at radius 1 is 1.27 bits per heavy atom. The number of ether oxygens (including phenoxy) is 2. The van der Waals surface area contributed by atoms with E-state index in [9.17, 15) is 19.9 Å². The van der Waals surface area contributed by atoms with Gasteiger partial charge in [0.05, 0.1) is 19.3 Å². The molecular weight excluding hydrogens is 292 g/mol. The first-order valence-corrected chi connectivity index (χ1v) is 7.02. The normalized spacial score (nSPS) is 15.2. The highest BCUT2D eigenvalue weighted by atomic mass is 16.5. The molecule has 3 atom stereocenters. The Morgan fingerprint density at radius 3 is 2.27 bits per heavy atom. The fourth-order valence-electron chi connectivity index (χ4n) is 1.79. The molecule has 3 unspecified atom stereocenters. The number of hydrogen-bond donors (Lipinski definition) is 2. The summed E-state index contributed by atoms with van der Waals surface area (Å²) in [7, 11) is 1.47. The molecule has 0 aromatic heterocycles. The molecule has 0 aromatic rings. The standard InChI is InChI=1S/C14H26N2O6/c1-10(2)14(19)22-9-13(18)7-16(11(3)5-15-20)6-12(17)8-21-4/h11-13,17-18H,1,5-9H2,2-4H3. The van der Waals surface area contributed by atoms with Crippen LogP contribution in [0.15, 0.2) is 17.3 Å². The maximum Gasteiger partial charge on any atom is 0.333 e. The molecule has 0 amide bonds. The highest BCUT2D eigenvalue weighted by molar-refractivity contribution is 5.86. The molecule has 0 fully saturated rings. The Hall–Kier alpha value is -1.35. The predicted molar refractivity (Wildman–Crippen MR) is 81.4 cm³/mol. The molecule has 128 valence electrons. The number of nitroso groups, excluding NO2 is 1. The van der Waals surface area contributed by atoms with Crippen LogP contribution in [0.5, 0.6) is 0 Å². The second-order valence-corrected chi connectivity index (χ2v) is 5.26. The van der Waals surface area contributed by atoms with Crippen molar-refractivity contribution >= 4 is 5.97 Å². The maximum atomic E-state index is 11.3. The molecule has 0 bridgehead atoms. The minimum Gasteiger partial charge on any atom is -0.460 e. The summed E-state index contributed by atoms with van der Waals surface area (Å²) in [6.45, 7) is 7.02. The lowest BCUT2D eigenvalue weighted by molar-refractivity contribution is -0.142. The van der Waals surface area contributed by atoms with E-state index in [2.05, 4.69) is 11.8 Å². The van der Waals surface area contributed by atoms with Crippen LogP contribution in [0.1, 0.15) is 13.8 Å². The molecule has 0 saturated heterocycles. The molecule has 0 radical (unpaired) electrons. The van der Waals surface area contributed by atoms with E-state index >= 15 is 0 Å². The van der Waals surface area contributed by atoms with Crippen molar-refractivity contribution in [3.8, 4) is 0 Å². The van der Waals surface area contributed by atoms with Crippen LogP contribution >= 0.6 is 0 Å². The zero-order valence-corrected chi connectivity index (χ0v) is 13.4. The van der Waals surface area contributed by atoms with Gasteiger partial charge in [-0.05, 0) is 13.8 Å². The molecular formula is C14H26N2O6. The molecule has 0 spiro atoms. The summed E-state index contributed by atoms with van der Waals surface area (Å²) < 4.78 is 9.72. The van der Waals surface area contributed by atoms with Gasteiger partial charge >= 0.3 is 5.97 Å². The second-order valence-electron chi connectivity index (χ2n) is 5.26. The monoisotopic (exact) mass is 318 g/mol. The van der Waals surface area contributed by atoms with Gasteiger partial charge in [0.2, 0.25) is 0 Å². The van der Waals surface area contributed by atoms with Gasteiger partial charge in [0.25, 0.3) is 0 Å². The summed E-state index contributed by atoms with van der Waals surface area (Å²) >= 11 is 0. The molecule has 0 aliphatic heterocycles. The van der Waals surface area contributed by atoms with Crippen LogP contribution in [0.2, 0.25) is 0 Å². The van der Waals surface area contributed by atoms with E-state index in [1.54, 1.807) is 11.8 Å². The lowest BCUT2D eigenvalue weighted by Gasteiger charge is -2.31. The van der Waals surface area contributed by atoms with E-state index in [1.807, 2.05) is 0 Å². The van der Waals surface area contributed by atoms with E-state index in [1.165, 1.54) is 14.0 Å². The summed E-state index contributed by atoms with van der Waals surface area (Å²) in [5.74, 6) is -0.576. The number of esters is 1. The van der Waals surface area contributed by atoms with Crippen molar-refractivity contribution < 1.29 is 24.5 Å². The zero-order chi connectivity index (χ0) is 17.1.